The van der Waals surface area contributed by atoms with Crippen molar-refractivity contribution in [3.63, 3.8) is 0 Å². The SMILES string of the molecule is CC1c2cnc(-c3ccccn3)nc2CCN1c1ccc(S(C)(=O)=O)cc1. The number of sulfone groups is 1. The molecule has 27 heavy (non-hydrogen) atoms. The van der Waals surface area contributed by atoms with E-state index >= 15 is 0 Å². The van der Waals surface area contributed by atoms with Gasteiger partial charge in [0.15, 0.2) is 15.7 Å². The molecular weight excluding hydrogens is 360 g/mol. The molecule has 138 valence electrons. The van der Waals surface area contributed by atoms with E-state index in [1.165, 1.54) is 6.26 Å². The topological polar surface area (TPSA) is 76.1 Å². The standard InChI is InChI=1S/C20H20N4O2S/c1-14-17-13-22-20(19-5-3-4-11-21-19)23-18(17)10-12-24(14)15-6-8-16(9-7-15)27(2,25)26/h3-9,11,13-14H,10,12H2,1-2H3. The Kier molecular flexibility index (Phi) is 4.39. The third kappa shape index (κ3) is 3.42. The Hall–Kier alpha value is -2.80. The summed E-state index contributed by atoms with van der Waals surface area (Å²) in [7, 11) is -3.19. The highest BCUT2D eigenvalue weighted by Crippen LogP contribution is 2.33. The quantitative estimate of drug-likeness (QED) is 0.695. The first kappa shape index (κ1) is 17.6. The van der Waals surface area contributed by atoms with Gasteiger partial charge in [-0.3, -0.25) is 4.98 Å². The number of rotatable bonds is 3. The van der Waals surface area contributed by atoms with Gasteiger partial charge < -0.3 is 4.90 Å². The maximum Gasteiger partial charge on any atom is 0.178 e. The summed E-state index contributed by atoms with van der Waals surface area (Å²) in [6, 6.07) is 12.9. The average Bonchev–Trinajstić information content (AvgIpc) is 2.68. The Morgan fingerprint density at radius 1 is 1.07 bits per heavy atom. The molecule has 6 nitrogen and oxygen atoms in total. The van der Waals surface area contributed by atoms with Crippen LogP contribution in [0.3, 0.4) is 0 Å². The predicted molar refractivity (Wildman–Crippen MR) is 104 cm³/mol. The third-order valence-corrected chi connectivity index (χ3v) is 6.03. The third-order valence-electron chi connectivity index (χ3n) is 4.90. The highest BCUT2D eigenvalue weighted by atomic mass is 32.2. The minimum atomic E-state index is -3.19. The summed E-state index contributed by atoms with van der Waals surface area (Å²) in [6.07, 6.45) is 5.64. The van der Waals surface area contributed by atoms with E-state index in [-0.39, 0.29) is 6.04 Å². The summed E-state index contributed by atoms with van der Waals surface area (Å²) in [6.45, 7) is 2.93. The summed E-state index contributed by atoms with van der Waals surface area (Å²) in [5.74, 6) is 0.646. The molecule has 0 saturated heterocycles. The summed E-state index contributed by atoms with van der Waals surface area (Å²) in [5.41, 5.74) is 3.90. The number of aromatic nitrogens is 3. The van der Waals surface area contributed by atoms with Crippen molar-refractivity contribution in [1.82, 2.24) is 15.0 Å². The van der Waals surface area contributed by atoms with Gasteiger partial charge in [0.1, 0.15) is 5.69 Å². The first-order valence-corrected chi connectivity index (χ1v) is 10.7. The molecule has 0 radical (unpaired) electrons. The van der Waals surface area contributed by atoms with Gasteiger partial charge in [0.05, 0.1) is 16.6 Å². The number of nitrogens with zero attached hydrogens (tertiary/aromatic N) is 4. The molecule has 0 spiro atoms. The van der Waals surface area contributed by atoms with E-state index in [1.54, 1.807) is 18.3 Å². The Morgan fingerprint density at radius 2 is 1.85 bits per heavy atom. The van der Waals surface area contributed by atoms with Crippen molar-refractivity contribution in [3.05, 3.63) is 66.1 Å². The van der Waals surface area contributed by atoms with Crippen molar-refractivity contribution in [1.29, 1.82) is 0 Å². The molecule has 3 heterocycles. The number of anilines is 1. The predicted octanol–water partition coefficient (Wildman–Crippen LogP) is 3.07. The lowest BCUT2D eigenvalue weighted by Crippen LogP contribution is -2.34. The molecule has 1 atom stereocenters. The molecule has 4 rings (SSSR count). The summed E-state index contributed by atoms with van der Waals surface area (Å²) in [4.78, 5) is 16.1. The van der Waals surface area contributed by atoms with Crippen molar-refractivity contribution in [3.8, 4) is 11.5 Å². The summed E-state index contributed by atoms with van der Waals surface area (Å²) in [5, 5.41) is 0. The molecule has 7 heteroatoms. The number of hydrogen-bond acceptors (Lipinski definition) is 6. The van der Waals surface area contributed by atoms with Crippen LogP contribution < -0.4 is 4.90 Å². The molecule has 0 fully saturated rings. The molecule has 0 saturated carbocycles. The fourth-order valence-electron chi connectivity index (χ4n) is 3.42. The zero-order chi connectivity index (χ0) is 19.0. The summed E-state index contributed by atoms with van der Waals surface area (Å²) >= 11 is 0. The lowest BCUT2D eigenvalue weighted by Gasteiger charge is -2.36. The van der Waals surface area contributed by atoms with E-state index in [9.17, 15) is 8.42 Å². The average molecular weight is 380 g/mol. The number of fused-ring (bicyclic) bond motifs is 1. The Morgan fingerprint density at radius 3 is 2.52 bits per heavy atom. The molecule has 2 aromatic heterocycles. The van der Waals surface area contributed by atoms with Crippen molar-refractivity contribution in [2.75, 3.05) is 17.7 Å². The van der Waals surface area contributed by atoms with Gasteiger partial charge in [-0.1, -0.05) is 6.07 Å². The van der Waals surface area contributed by atoms with Crippen LogP contribution in [0.15, 0.2) is 59.8 Å². The van der Waals surface area contributed by atoms with Crippen LogP contribution in [0.25, 0.3) is 11.5 Å². The molecular formula is C20H20N4O2S. The van der Waals surface area contributed by atoms with E-state index in [0.717, 1.165) is 35.6 Å². The van der Waals surface area contributed by atoms with Crippen molar-refractivity contribution < 1.29 is 8.42 Å². The van der Waals surface area contributed by atoms with E-state index in [1.807, 2.05) is 36.5 Å². The fourth-order valence-corrected chi connectivity index (χ4v) is 4.05. The van der Waals surface area contributed by atoms with Gasteiger partial charge in [-0.15, -0.1) is 0 Å². The monoisotopic (exact) mass is 380 g/mol. The molecule has 0 bridgehead atoms. The molecule has 0 N–H and O–H groups in total. The van der Waals surface area contributed by atoms with Crippen LogP contribution in [0.2, 0.25) is 0 Å². The minimum Gasteiger partial charge on any atom is -0.364 e. The van der Waals surface area contributed by atoms with Crippen LogP contribution in [0, 0.1) is 0 Å². The zero-order valence-corrected chi connectivity index (χ0v) is 16.0. The maximum absolute atomic E-state index is 11.7. The van der Waals surface area contributed by atoms with Crippen LogP contribution in [0.4, 0.5) is 5.69 Å². The van der Waals surface area contributed by atoms with E-state index in [4.69, 9.17) is 4.98 Å². The second-order valence-electron chi connectivity index (χ2n) is 6.70. The van der Waals surface area contributed by atoms with Crippen LogP contribution in [-0.4, -0.2) is 36.2 Å². The zero-order valence-electron chi connectivity index (χ0n) is 15.2. The first-order chi connectivity index (χ1) is 12.9. The fraction of sp³-hybridized carbons (Fsp3) is 0.250. The normalized spacial score (nSPS) is 16.8. The molecule has 0 amide bonds. The van der Waals surface area contributed by atoms with Crippen LogP contribution in [-0.2, 0) is 16.3 Å². The Balaban J connectivity index is 1.63. The van der Waals surface area contributed by atoms with Crippen molar-refractivity contribution in [2.45, 2.75) is 24.3 Å². The largest absolute Gasteiger partial charge is 0.364 e. The molecule has 1 aromatic carbocycles. The van der Waals surface area contributed by atoms with Crippen LogP contribution in [0.5, 0.6) is 0 Å². The van der Waals surface area contributed by atoms with Gasteiger partial charge in [-0.05, 0) is 43.3 Å². The second-order valence-corrected chi connectivity index (χ2v) is 8.71. The van der Waals surface area contributed by atoms with Crippen molar-refractivity contribution in [2.24, 2.45) is 0 Å². The van der Waals surface area contributed by atoms with Crippen molar-refractivity contribution >= 4 is 15.5 Å². The van der Waals surface area contributed by atoms with Gasteiger partial charge >= 0.3 is 0 Å². The lowest BCUT2D eigenvalue weighted by atomic mass is 9.98. The van der Waals surface area contributed by atoms with E-state index < -0.39 is 9.84 Å². The van der Waals surface area contributed by atoms with E-state index in [0.29, 0.717) is 10.7 Å². The Bertz CT molecular complexity index is 1070. The van der Waals surface area contributed by atoms with Gasteiger partial charge in [-0.25, -0.2) is 18.4 Å². The van der Waals surface area contributed by atoms with E-state index in [2.05, 4.69) is 21.8 Å². The molecule has 0 aliphatic carbocycles. The van der Waals surface area contributed by atoms with Crippen LogP contribution >= 0.6 is 0 Å². The Labute approximate surface area is 158 Å². The number of pyridine rings is 1. The van der Waals surface area contributed by atoms with Gasteiger partial charge in [0, 0.05) is 42.9 Å². The van der Waals surface area contributed by atoms with Gasteiger partial charge in [0.25, 0.3) is 0 Å². The number of benzene rings is 1. The maximum atomic E-state index is 11.7. The highest BCUT2D eigenvalue weighted by Gasteiger charge is 2.26. The minimum absolute atomic E-state index is 0.107. The highest BCUT2D eigenvalue weighted by molar-refractivity contribution is 7.90. The first-order valence-electron chi connectivity index (χ1n) is 8.77. The smallest absolute Gasteiger partial charge is 0.178 e. The second kappa shape index (κ2) is 6.74. The lowest BCUT2D eigenvalue weighted by molar-refractivity contribution is 0.601. The molecule has 1 unspecified atom stereocenters. The molecule has 1 aliphatic rings. The van der Waals surface area contributed by atoms with Crippen LogP contribution in [0.1, 0.15) is 24.2 Å². The van der Waals surface area contributed by atoms with Gasteiger partial charge in [-0.2, -0.15) is 0 Å². The number of hydrogen-bond donors (Lipinski definition) is 0. The van der Waals surface area contributed by atoms with Gasteiger partial charge in [0.2, 0.25) is 0 Å². The molecule has 3 aromatic rings. The molecule has 1 aliphatic heterocycles. The summed E-state index contributed by atoms with van der Waals surface area (Å²) < 4.78 is 23.3.